The number of nitrogens with one attached hydrogen (secondary N) is 2. The van der Waals surface area contributed by atoms with E-state index in [1.165, 1.54) is 7.11 Å². The highest BCUT2D eigenvalue weighted by atomic mass is 16.5. The molecule has 2 N–H and O–H groups in total. The number of nitrogens with zero attached hydrogens (tertiary/aromatic N) is 1. The molecular weight excluding hydrogens is 310 g/mol. The summed E-state index contributed by atoms with van der Waals surface area (Å²) in [6.45, 7) is 6.40. The Hall–Kier alpha value is -2.57. The lowest BCUT2D eigenvalue weighted by Gasteiger charge is -2.32. The fourth-order valence-corrected chi connectivity index (χ4v) is 2.61. The van der Waals surface area contributed by atoms with Crippen LogP contribution in [0.25, 0.3) is 0 Å². The molecule has 0 saturated carbocycles. The zero-order valence-electron chi connectivity index (χ0n) is 14.4. The predicted octanol–water partition coefficient (Wildman–Crippen LogP) is 1.99. The zero-order valence-corrected chi connectivity index (χ0v) is 14.4. The van der Waals surface area contributed by atoms with Crippen LogP contribution in [-0.4, -0.2) is 48.0 Å². The first kappa shape index (κ1) is 17.8. The van der Waals surface area contributed by atoms with E-state index in [1.54, 1.807) is 29.2 Å². The molecule has 0 radical (unpaired) electrons. The van der Waals surface area contributed by atoms with Crippen LogP contribution in [0.5, 0.6) is 0 Å². The maximum absolute atomic E-state index is 12.1. The number of methoxy groups -OCH3 is 1. The van der Waals surface area contributed by atoms with Crippen LogP contribution in [0.15, 0.2) is 24.3 Å². The topological polar surface area (TPSA) is 87.7 Å². The van der Waals surface area contributed by atoms with Crippen molar-refractivity contribution in [3.63, 3.8) is 0 Å². The predicted molar refractivity (Wildman–Crippen MR) is 89.8 cm³/mol. The van der Waals surface area contributed by atoms with E-state index in [4.69, 9.17) is 0 Å². The fourth-order valence-electron chi connectivity index (χ4n) is 2.61. The summed E-state index contributed by atoms with van der Waals surface area (Å²) in [7, 11) is 1.31. The summed E-state index contributed by atoms with van der Waals surface area (Å²) in [6.07, 6.45) is 0.298. The van der Waals surface area contributed by atoms with E-state index in [-0.39, 0.29) is 23.5 Å². The molecule has 3 amide bonds. The molecule has 0 aliphatic carbocycles. The van der Waals surface area contributed by atoms with Gasteiger partial charge in [-0.25, -0.2) is 9.59 Å². The van der Waals surface area contributed by atoms with Gasteiger partial charge in [0, 0.05) is 24.2 Å². The number of urea groups is 1. The number of carbonyl (C=O) groups excluding carboxylic acids is 3. The third kappa shape index (κ3) is 4.24. The van der Waals surface area contributed by atoms with E-state index in [9.17, 15) is 14.4 Å². The number of benzene rings is 1. The molecule has 24 heavy (non-hydrogen) atoms. The van der Waals surface area contributed by atoms with E-state index < -0.39 is 5.97 Å². The Kier molecular flexibility index (Phi) is 5.11. The summed E-state index contributed by atoms with van der Waals surface area (Å²) in [5.41, 5.74) is 0.705. The zero-order chi connectivity index (χ0) is 17.9. The van der Waals surface area contributed by atoms with Gasteiger partial charge in [-0.15, -0.1) is 0 Å². The molecular formula is C17H23N3O4. The summed E-state index contributed by atoms with van der Waals surface area (Å²) < 4.78 is 4.62. The minimum Gasteiger partial charge on any atom is -0.465 e. The van der Waals surface area contributed by atoms with Gasteiger partial charge in [0.15, 0.2) is 0 Å². The number of ether oxygens (including phenoxy) is 1. The molecule has 1 saturated heterocycles. The van der Waals surface area contributed by atoms with Crippen LogP contribution < -0.4 is 10.6 Å². The second kappa shape index (κ2) is 6.90. The Morgan fingerprint density at radius 2 is 1.83 bits per heavy atom. The third-order valence-electron chi connectivity index (χ3n) is 3.83. The van der Waals surface area contributed by atoms with Crippen molar-refractivity contribution in [3.8, 4) is 0 Å². The number of carbonyl (C=O) groups is 3. The normalized spacial score (nSPS) is 17.6. The highest BCUT2D eigenvalue weighted by Gasteiger charge is 2.36. The maximum atomic E-state index is 12.1. The molecule has 1 atom stereocenters. The van der Waals surface area contributed by atoms with Gasteiger partial charge in [-0.3, -0.25) is 4.79 Å². The van der Waals surface area contributed by atoms with Crippen LogP contribution in [0.4, 0.5) is 10.5 Å². The summed E-state index contributed by atoms with van der Waals surface area (Å²) >= 11 is 0. The van der Waals surface area contributed by atoms with Gasteiger partial charge in [-0.2, -0.15) is 0 Å². The van der Waals surface area contributed by atoms with Gasteiger partial charge in [0.2, 0.25) is 5.91 Å². The van der Waals surface area contributed by atoms with Gasteiger partial charge in [0.05, 0.1) is 18.7 Å². The molecule has 7 heteroatoms. The smallest absolute Gasteiger partial charge is 0.337 e. The molecule has 0 bridgehead atoms. The van der Waals surface area contributed by atoms with Crippen molar-refractivity contribution in [1.29, 1.82) is 0 Å². The molecule has 1 fully saturated rings. The summed E-state index contributed by atoms with van der Waals surface area (Å²) in [4.78, 5) is 37.2. The van der Waals surface area contributed by atoms with Crippen molar-refractivity contribution in [2.24, 2.45) is 0 Å². The van der Waals surface area contributed by atoms with Gasteiger partial charge in [-0.1, -0.05) is 0 Å². The van der Waals surface area contributed by atoms with E-state index in [0.29, 0.717) is 24.2 Å². The molecule has 130 valence electrons. The minimum absolute atomic E-state index is 0.0373. The number of hydrogen-bond donors (Lipinski definition) is 2. The molecule has 1 heterocycles. The quantitative estimate of drug-likeness (QED) is 0.828. The lowest BCUT2D eigenvalue weighted by atomic mass is 10.1. The SMILES string of the molecule is COC(=O)c1ccc(NC(=O)NC2CC(=O)N(C(C)(C)C)C2)cc1. The number of amides is 3. The van der Waals surface area contributed by atoms with Crippen molar-refractivity contribution in [1.82, 2.24) is 10.2 Å². The molecule has 1 aliphatic rings. The Balaban J connectivity index is 1.90. The molecule has 2 rings (SSSR count). The molecule has 0 aromatic heterocycles. The van der Waals surface area contributed by atoms with E-state index >= 15 is 0 Å². The summed E-state index contributed by atoms with van der Waals surface area (Å²) in [5.74, 6) is -0.395. The van der Waals surface area contributed by atoms with Crippen molar-refractivity contribution < 1.29 is 19.1 Å². The largest absolute Gasteiger partial charge is 0.465 e. The van der Waals surface area contributed by atoms with Crippen LogP contribution in [0.1, 0.15) is 37.6 Å². The van der Waals surface area contributed by atoms with Gasteiger partial charge >= 0.3 is 12.0 Å². The Morgan fingerprint density at radius 3 is 2.33 bits per heavy atom. The van der Waals surface area contributed by atoms with Crippen molar-refractivity contribution >= 4 is 23.6 Å². The van der Waals surface area contributed by atoms with Crippen molar-refractivity contribution in [3.05, 3.63) is 29.8 Å². The second-order valence-electron chi connectivity index (χ2n) is 6.74. The molecule has 1 aliphatic heterocycles. The lowest BCUT2D eigenvalue weighted by Crippen LogP contribution is -2.45. The first-order valence-electron chi connectivity index (χ1n) is 7.77. The fraction of sp³-hybridized carbons (Fsp3) is 0.471. The Labute approximate surface area is 141 Å². The maximum Gasteiger partial charge on any atom is 0.337 e. The molecule has 7 nitrogen and oxygen atoms in total. The Bertz CT molecular complexity index is 634. The average molecular weight is 333 g/mol. The standard InChI is InChI=1S/C17H23N3O4/c1-17(2,3)20-10-13(9-14(20)21)19-16(23)18-12-7-5-11(6-8-12)15(22)24-4/h5-8,13H,9-10H2,1-4H3,(H2,18,19,23). The molecule has 1 aromatic carbocycles. The summed E-state index contributed by atoms with van der Waals surface area (Å²) in [6, 6.07) is 5.78. The first-order valence-corrected chi connectivity index (χ1v) is 7.77. The highest BCUT2D eigenvalue weighted by molar-refractivity contribution is 5.92. The highest BCUT2D eigenvalue weighted by Crippen LogP contribution is 2.22. The molecule has 1 aromatic rings. The van der Waals surface area contributed by atoms with Crippen LogP contribution in [0, 0.1) is 0 Å². The van der Waals surface area contributed by atoms with E-state index in [0.717, 1.165) is 0 Å². The van der Waals surface area contributed by atoms with Crippen LogP contribution >= 0.6 is 0 Å². The number of hydrogen-bond acceptors (Lipinski definition) is 4. The van der Waals surface area contributed by atoms with Gasteiger partial charge in [-0.05, 0) is 45.0 Å². The first-order chi connectivity index (χ1) is 11.2. The van der Waals surface area contributed by atoms with Crippen molar-refractivity contribution in [2.45, 2.75) is 38.8 Å². The molecule has 0 spiro atoms. The van der Waals surface area contributed by atoms with Gasteiger partial charge < -0.3 is 20.3 Å². The third-order valence-corrected chi connectivity index (χ3v) is 3.83. The van der Waals surface area contributed by atoms with Crippen LogP contribution in [0.2, 0.25) is 0 Å². The van der Waals surface area contributed by atoms with E-state index in [2.05, 4.69) is 15.4 Å². The minimum atomic E-state index is -0.433. The number of likely N-dealkylation sites (tertiary alicyclic amines) is 1. The summed E-state index contributed by atoms with van der Waals surface area (Å²) in [5, 5.41) is 5.49. The monoisotopic (exact) mass is 333 g/mol. The number of anilines is 1. The number of esters is 1. The Morgan fingerprint density at radius 1 is 1.21 bits per heavy atom. The number of rotatable bonds is 3. The van der Waals surface area contributed by atoms with Crippen LogP contribution in [0.3, 0.4) is 0 Å². The van der Waals surface area contributed by atoms with Crippen LogP contribution in [-0.2, 0) is 9.53 Å². The van der Waals surface area contributed by atoms with Gasteiger partial charge in [0.1, 0.15) is 0 Å². The van der Waals surface area contributed by atoms with Crippen molar-refractivity contribution in [2.75, 3.05) is 19.0 Å². The lowest BCUT2D eigenvalue weighted by molar-refractivity contribution is -0.131. The molecule has 1 unspecified atom stereocenters. The van der Waals surface area contributed by atoms with Gasteiger partial charge in [0.25, 0.3) is 0 Å². The second-order valence-corrected chi connectivity index (χ2v) is 6.74. The average Bonchev–Trinajstić information content (AvgIpc) is 2.87. The van der Waals surface area contributed by atoms with E-state index in [1.807, 2.05) is 20.8 Å².